The van der Waals surface area contributed by atoms with Crippen LogP contribution in [0.25, 0.3) is 0 Å². The molecule has 0 spiro atoms. The van der Waals surface area contributed by atoms with Crippen LogP contribution in [0.15, 0.2) is 0 Å². The normalized spacial score (nSPS) is 46.4. The van der Waals surface area contributed by atoms with Crippen molar-refractivity contribution in [2.24, 2.45) is 0 Å². The van der Waals surface area contributed by atoms with Gasteiger partial charge in [0, 0.05) is 6.42 Å². The van der Waals surface area contributed by atoms with E-state index in [-0.39, 0.29) is 38.0 Å². The van der Waals surface area contributed by atoms with E-state index in [2.05, 4.69) is 0 Å². The molecule has 3 aliphatic rings. The molecule has 3 saturated heterocycles. The molecule has 3 rings (SSSR count). The molecular formula is C9H14O6. The number of ether oxygens (including phenoxy) is 4. The zero-order valence-corrected chi connectivity index (χ0v) is 8.29. The average molecular weight is 218 g/mol. The fourth-order valence-electron chi connectivity index (χ4n) is 2.13. The first-order chi connectivity index (χ1) is 7.45. The molecule has 3 aliphatic heterocycles. The van der Waals surface area contributed by atoms with Crippen LogP contribution in [0.5, 0.6) is 0 Å². The summed E-state index contributed by atoms with van der Waals surface area (Å²) in [5, 5.41) is 0. The van der Waals surface area contributed by atoms with Crippen molar-refractivity contribution in [3.63, 3.8) is 0 Å². The van der Waals surface area contributed by atoms with Crippen molar-refractivity contribution >= 4 is 0 Å². The van der Waals surface area contributed by atoms with Gasteiger partial charge in [-0.3, -0.25) is 0 Å². The van der Waals surface area contributed by atoms with Gasteiger partial charge in [-0.1, -0.05) is 0 Å². The van der Waals surface area contributed by atoms with Gasteiger partial charge >= 0.3 is 0 Å². The van der Waals surface area contributed by atoms with E-state index in [0.717, 1.165) is 6.42 Å². The highest BCUT2D eigenvalue weighted by atomic mass is 17.2. The van der Waals surface area contributed by atoms with Crippen molar-refractivity contribution in [3.8, 4) is 0 Å². The number of rotatable bonds is 1. The van der Waals surface area contributed by atoms with Crippen molar-refractivity contribution in [2.75, 3.05) is 26.8 Å². The topological polar surface area (TPSA) is 55.4 Å². The van der Waals surface area contributed by atoms with Gasteiger partial charge in [0.05, 0.1) is 13.2 Å². The molecular weight excluding hydrogens is 204 g/mol. The van der Waals surface area contributed by atoms with E-state index in [1.165, 1.54) is 0 Å². The SMILES string of the molecule is C1C[C@@H]([C@H]2OCO[C@@H]3COCO[C@H]23)OO1. The second kappa shape index (κ2) is 4.32. The molecule has 15 heavy (non-hydrogen) atoms. The van der Waals surface area contributed by atoms with Crippen LogP contribution >= 0.6 is 0 Å². The van der Waals surface area contributed by atoms with Crippen molar-refractivity contribution < 1.29 is 28.7 Å². The average Bonchev–Trinajstić information content (AvgIpc) is 2.82. The third-order valence-electron chi connectivity index (χ3n) is 2.90. The largest absolute Gasteiger partial charge is 0.353 e. The maximum atomic E-state index is 5.52. The maximum absolute atomic E-state index is 5.52. The van der Waals surface area contributed by atoms with E-state index in [9.17, 15) is 0 Å². The fourth-order valence-corrected chi connectivity index (χ4v) is 2.13. The molecule has 4 atom stereocenters. The van der Waals surface area contributed by atoms with E-state index in [1.54, 1.807) is 0 Å². The molecule has 0 aromatic heterocycles. The molecule has 0 amide bonds. The summed E-state index contributed by atoms with van der Waals surface area (Å²) in [7, 11) is 0. The summed E-state index contributed by atoms with van der Waals surface area (Å²) in [6, 6.07) is 0. The molecule has 0 aromatic rings. The fraction of sp³-hybridized carbons (Fsp3) is 1.00. The van der Waals surface area contributed by atoms with E-state index in [4.69, 9.17) is 28.7 Å². The van der Waals surface area contributed by atoms with Gasteiger partial charge in [0.1, 0.15) is 38.0 Å². The van der Waals surface area contributed by atoms with Crippen molar-refractivity contribution in [3.05, 3.63) is 0 Å². The summed E-state index contributed by atoms with van der Waals surface area (Å²) in [6.07, 6.45) is 0.494. The molecule has 0 unspecified atom stereocenters. The minimum Gasteiger partial charge on any atom is -0.353 e. The zero-order valence-electron chi connectivity index (χ0n) is 8.29. The first-order valence-corrected chi connectivity index (χ1v) is 5.16. The van der Waals surface area contributed by atoms with E-state index in [0.29, 0.717) is 13.2 Å². The number of hydrogen-bond donors (Lipinski definition) is 0. The first-order valence-electron chi connectivity index (χ1n) is 5.16. The quantitative estimate of drug-likeness (QED) is 0.569. The van der Waals surface area contributed by atoms with Gasteiger partial charge < -0.3 is 18.9 Å². The third-order valence-corrected chi connectivity index (χ3v) is 2.90. The van der Waals surface area contributed by atoms with Crippen molar-refractivity contribution in [1.29, 1.82) is 0 Å². The summed E-state index contributed by atoms with van der Waals surface area (Å²) >= 11 is 0. The Labute approximate surface area is 87.3 Å². The minimum atomic E-state index is -0.116. The zero-order chi connectivity index (χ0) is 10.1. The lowest BCUT2D eigenvalue weighted by Crippen LogP contribution is -2.56. The van der Waals surface area contributed by atoms with Gasteiger partial charge in [0.15, 0.2) is 0 Å². The monoisotopic (exact) mass is 218 g/mol. The second-order valence-electron chi connectivity index (χ2n) is 3.82. The summed E-state index contributed by atoms with van der Waals surface area (Å²) in [5.41, 5.74) is 0. The van der Waals surface area contributed by atoms with Crippen LogP contribution in [0.1, 0.15) is 6.42 Å². The van der Waals surface area contributed by atoms with Gasteiger partial charge in [0.25, 0.3) is 0 Å². The maximum Gasteiger partial charge on any atom is 0.147 e. The van der Waals surface area contributed by atoms with Gasteiger partial charge in [-0.05, 0) is 0 Å². The molecule has 0 N–H and O–H groups in total. The van der Waals surface area contributed by atoms with Crippen molar-refractivity contribution in [1.82, 2.24) is 0 Å². The highest BCUT2D eigenvalue weighted by Gasteiger charge is 2.44. The smallest absolute Gasteiger partial charge is 0.147 e. The third kappa shape index (κ3) is 1.89. The molecule has 0 aromatic carbocycles. The predicted molar refractivity (Wildman–Crippen MR) is 45.7 cm³/mol. The van der Waals surface area contributed by atoms with Crippen LogP contribution in [-0.4, -0.2) is 51.2 Å². The van der Waals surface area contributed by atoms with Gasteiger partial charge in [-0.15, -0.1) is 0 Å². The van der Waals surface area contributed by atoms with Gasteiger partial charge in [-0.25, -0.2) is 9.78 Å². The molecule has 0 saturated carbocycles. The van der Waals surface area contributed by atoms with Crippen LogP contribution in [0, 0.1) is 0 Å². The number of fused-ring (bicyclic) bond motifs is 1. The predicted octanol–water partition coefficient (Wildman–Crippen LogP) is -0.179. The molecule has 86 valence electrons. The second-order valence-corrected chi connectivity index (χ2v) is 3.82. The Morgan fingerprint density at radius 2 is 1.73 bits per heavy atom. The van der Waals surface area contributed by atoms with Gasteiger partial charge in [-0.2, -0.15) is 0 Å². The van der Waals surface area contributed by atoms with Crippen molar-refractivity contribution in [2.45, 2.75) is 30.8 Å². The lowest BCUT2D eigenvalue weighted by Gasteiger charge is -2.41. The highest BCUT2D eigenvalue weighted by molar-refractivity contribution is 4.88. The molecule has 0 radical (unpaired) electrons. The Balaban J connectivity index is 1.69. The Bertz CT molecular complexity index is 215. The highest BCUT2D eigenvalue weighted by Crippen LogP contribution is 2.28. The van der Waals surface area contributed by atoms with Crippen LogP contribution in [0.3, 0.4) is 0 Å². The Kier molecular flexibility index (Phi) is 2.87. The summed E-state index contributed by atoms with van der Waals surface area (Å²) in [6.45, 7) is 1.72. The lowest BCUT2D eigenvalue weighted by molar-refractivity contribution is -0.347. The van der Waals surface area contributed by atoms with Gasteiger partial charge in [0.2, 0.25) is 0 Å². The van der Waals surface area contributed by atoms with Crippen LogP contribution in [-0.2, 0) is 28.7 Å². The summed E-state index contributed by atoms with van der Waals surface area (Å²) in [5.74, 6) is 0. The first kappa shape index (κ1) is 9.95. The van der Waals surface area contributed by atoms with E-state index < -0.39 is 0 Å². The Hall–Kier alpha value is -0.240. The molecule has 3 heterocycles. The minimum absolute atomic E-state index is 0.0540. The van der Waals surface area contributed by atoms with E-state index >= 15 is 0 Å². The lowest BCUT2D eigenvalue weighted by atomic mass is 10.00. The molecule has 3 fully saturated rings. The van der Waals surface area contributed by atoms with Crippen LogP contribution in [0.4, 0.5) is 0 Å². The van der Waals surface area contributed by atoms with E-state index in [1.807, 2.05) is 0 Å². The summed E-state index contributed by atoms with van der Waals surface area (Å²) < 4.78 is 21.6. The Morgan fingerprint density at radius 3 is 2.60 bits per heavy atom. The molecule has 0 aliphatic carbocycles. The molecule has 6 nitrogen and oxygen atoms in total. The molecule has 6 heteroatoms. The standard InChI is InChI=1S/C9H14O6/c1-2-14-15-6(1)8-9-7(11-5-13-8)3-10-4-12-9/h6-9H,1-5H2/t6-,7+,8+,9-/m0/s1. The van der Waals surface area contributed by atoms with Crippen LogP contribution < -0.4 is 0 Å². The number of hydrogen-bond acceptors (Lipinski definition) is 6. The van der Waals surface area contributed by atoms with Crippen LogP contribution in [0.2, 0.25) is 0 Å². The summed E-state index contributed by atoms with van der Waals surface area (Å²) in [4.78, 5) is 10.0. The Morgan fingerprint density at radius 1 is 0.867 bits per heavy atom. The molecule has 0 bridgehead atoms.